The molecule has 4 aliphatic carbocycles. The number of allylic oxidation sites excluding steroid dienone is 3. The second-order valence-electron chi connectivity index (χ2n) is 9.54. The monoisotopic (exact) mass is 358 g/mol. The molecule has 0 amide bonds. The average molecular weight is 358 g/mol. The minimum Gasteiger partial charge on any atom is -0.393 e. The van der Waals surface area contributed by atoms with Gasteiger partial charge in [0.05, 0.1) is 6.10 Å². The van der Waals surface area contributed by atoms with Gasteiger partial charge in [-0.1, -0.05) is 32.4 Å². The van der Waals surface area contributed by atoms with Crippen molar-refractivity contribution < 1.29 is 19.8 Å². The summed E-state index contributed by atoms with van der Waals surface area (Å²) in [5, 5.41) is 20.6. The van der Waals surface area contributed by atoms with Gasteiger partial charge in [0.25, 0.3) is 0 Å². The molecular weight excluding hydrogens is 328 g/mol. The van der Waals surface area contributed by atoms with Crippen LogP contribution in [0.5, 0.6) is 0 Å². The number of fused-ring (bicyclic) bond motifs is 5. The van der Waals surface area contributed by atoms with Gasteiger partial charge in [-0.25, -0.2) is 0 Å². The molecule has 4 aliphatic rings. The Morgan fingerprint density at radius 3 is 2.73 bits per heavy atom. The normalized spacial score (nSPS) is 47.4. The molecule has 0 bridgehead atoms. The number of rotatable bonds is 2. The van der Waals surface area contributed by atoms with Crippen LogP contribution in [0.3, 0.4) is 0 Å². The standard InChI is InChI=1S/C22H30O4/c1-12-8-14-15-4-5-16(19(26)11-23)22(15,3)10-18(25)20(14)21(2)7-6-13(24)9-17(12)21/h5,9,12,14-15,18,20,23,25H,4,6-8,10-11H2,1-3H3/t12-,14-,15-,18-,20+,21-,22-/m0/s1. The fourth-order valence-electron chi connectivity index (χ4n) is 7.21. The van der Waals surface area contributed by atoms with Crippen molar-refractivity contribution in [2.45, 2.75) is 59.0 Å². The first-order valence-electron chi connectivity index (χ1n) is 10.00. The first kappa shape index (κ1) is 18.1. The van der Waals surface area contributed by atoms with Gasteiger partial charge >= 0.3 is 0 Å². The number of Topliss-reactive ketones (excluding diaryl/α,β-unsaturated/α-hetero) is 1. The minimum atomic E-state index is -0.483. The van der Waals surface area contributed by atoms with Gasteiger partial charge < -0.3 is 10.2 Å². The number of carbonyl (C=O) groups excluding carboxylic acids is 2. The second-order valence-corrected chi connectivity index (χ2v) is 9.54. The van der Waals surface area contributed by atoms with Crippen molar-refractivity contribution in [1.29, 1.82) is 0 Å². The molecule has 4 rings (SSSR count). The van der Waals surface area contributed by atoms with Crippen molar-refractivity contribution in [3.63, 3.8) is 0 Å². The van der Waals surface area contributed by atoms with E-state index in [1.54, 1.807) is 0 Å². The Kier molecular flexibility index (Phi) is 4.09. The van der Waals surface area contributed by atoms with E-state index in [4.69, 9.17) is 0 Å². The van der Waals surface area contributed by atoms with Gasteiger partial charge in [-0.3, -0.25) is 9.59 Å². The van der Waals surface area contributed by atoms with Crippen LogP contribution < -0.4 is 0 Å². The molecule has 2 saturated carbocycles. The topological polar surface area (TPSA) is 74.6 Å². The zero-order valence-corrected chi connectivity index (χ0v) is 16.0. The molecule has 0 radical (unpaired) electrons. The summed E-state index contributed by atoms with van der Waals surface area (Å²) in [5.41, 5.74) is 1.49. The van der Waals surface area contributed by atoms with Crippen LogP contribution in [0.15, 0.2) is 23.3 Å². The predicted octanol–water partition coefficient (Wildman–Crippen LogP) is 2.83. The largest absolute Gasteiger partial charge is 0.393 e. The third kappa shape index (κ3) is 2.27. The Bertz CT molecular complexity index is 720. The molecule has 4 heteroatoms. The van der Waals surface area contributed by atoms with Crippen LogP contribution in [0.1, 0.15) is 52.9 Å². The molecule has 2 fully saturated rings. The summed E-state index contributed by atoms with van der Waals surface area (Å²) in [6.07, 6.45) is 7.16. The first-order chi connectivity index (χ1) is 12.2. The number of aliphatic hydroxyl groups excluding tert-OH is 2. The number of hydrogen-bond acceptors (Lipinski definition) is 4. The molecule has 0 unspecified atom stereocenters. The predicted molar refractivity (Wildman–Crippen MR) is 98.2 cm³/mol. The van der Waals surface area contributed by atoms with Crippen molar-refractivity contribution in [2.24, 2.45) is 34.5 Å². The van der Waals surface area contributed by atoms with Crippen LogP contribution in [-0.2, 0) is 9.59 Å². The quantitative estimate of drug-likeness (QED) is 0.796. The number of carbonyl (C=O) groups is 2. The van der Waals surface area contributed by atoms with Gasteiger partial charge in [-0.2, -0.15) is 0 Å². The highest BCUT2D eigenvalue weighted by molar-refractivity contribution is 5.98. The highest BCUT2D eigenvalue weighted by atomic mass is 16.3. The van der Waals surface area contributed by atoms with E-state index < -0.39 is 12.7 Å². The molecule has 0 aliphatic heterocycles. The smallest absolute Gasteiger partial charge is 0.184 e. The van der Waals surface area contributed by atoms with Crippen LogP contribution in [0, 0.1) is 34.5 Å². The van der Waals surface area contributed by atoms with Gasteiger partial charge in [0.1, 0.15) is 6.61 Å². The zero-order valence-electron chi connectivity index (χ0n) is 16.0. The van der Waals surface area contributed by atoms with Crippen molar-refractivity contribution in [3.05, 3.63) is 23.3 Å². The summed E-state index contributed by atoms with van der Waals surface area (Å²) in [4.78, 5) is 24.3. The summed E-state index contributed by atoms with van der Waals surface area (Å²) < 4.78 is 0. The maximum Gasteiger partial charge on any atom is 0.184 e. The first-order valence-corrected chi connectivity index (χ1v) is 10.00. The van der Waals surface area contributed by atoms with E-state index in [0.29, 0.717) is 30.6 Å². The second kappa shape index (κ2) is 5.87. The molecule has 0 aromatic rings. The Morgan fingerprint density at radius 2 is 2.04 bits per heavy atom. The molecule has 2 N–H and O–H groups in total. The van der Waals surface area contributed by atoms with Gasteiger partial charge in [-0.15, -0.1) is 0 Å². The molecule has 0 spiro atoms. The lowest BCUT2D eigenvalue weighted by atomic mass is 9.44. The van der Waals surface area contributed by atoms with Crippen LogP contribution in [0.2, 0.25) is 0 Å². The van der Waals surface area contributed by atoms with Gasteiger partial charge in [0, 0.05) is 11.8 Å². The van der Waals surface area contributed by atoms with E-state index in [9.17, 15) is 19.8 Å². The average Bonchev–Trinajstić information content (AvgIpc) is 2.92. The van der Waals surface area contributed by atoms with E-state index in [1.165, 1.54) is 5.57 Å². The Hall–Kier alpha value is -1.26. The molecule has 7 atom stereocenters. The fraction of sp³-hybridized carbons (Fsp3) is 0.727. The van der Waals surface area contributed by atoms with Crippen LogP contribution in [-0.4, -0.2) is 34.5 Å². The third-order valence-electron chi connectivity index (χ3n) is 8.24. The van der Waals surface area contributed by atoms with Crippen molar-refractivity contribution in [1.82, 2.24) is 0 Å². The summed E-state index contributed by atoms with van der Waals surface area (Å²) in [5.74, 6) is 1.18. The number of hydrogen-bond donors (Lipinski definition) is 2. The van der Waals surface area contributed by atoms with E-state index in [0.717, 1.165) is 24.8 Å². The summed E-state index contributed by atoms with van der Waals surface area (Å²) in [7, 11) is 0. The molecule has 0 aromatic carbocycles. The number of aliphatic hydroxyl groups is 2. The summed E-state index contributed by atoms with van der Waals surface area (Å²) in [6, 6.07) is 0. The van der Waals surface area contributed by atoms with E-state index in [2.05, 4.69) is 20.8 Å². The highest BCUT2D eigenvalue weighted by Crippen LogP contribution is 2.66. The third-order valence-corrected chi connectivity index (χ3v) is 8.24. The van der Waals surface area contributed by atoms with E-state index >= 15 is 0 Å². The maximum atomic E-state index is 12.3. The lowest BCUT2D eigenvalue weighted by Gasteiger charge is -2.60. The Labute approximate surface area is 155 Å². The molecular formula is C22H30O4. The van der Waals surface area contributed by atoms with E-state index in [-0.39, 0.29) is 28.3 Å². The van der Waals surface area contributed by atoms with Gasteiger partial charge in [-0.05, 0) is 66.4 Å². The van der Waals surface area contributed by atoms with Crippen molar-refractivity contribution in [3.8, 4) is 0 Å². The minimum absolute atomic E-state index is 0.124. The Morgan fingerprint density at radius 1 is 1.31 bits per heavy atom. The molecule has 26 heavy (non-hydrogen) atoms. The van der Waals surface area contributed by atoms with E-state index in [1.807, 2.05) is 12.2 Å². The molecule has 0 aromatic heterocycles. The van der Waals surface area contributed by atoms with Gasteiger partial charge in [0.2, 0.25) is 0 Å². The molecule has 0 heterocycles. The SMILES string of the molecule is C[C@H]1C[C@@H]2[C@H]([C@@H](O)C[C@]3(C)C(C(=O)CO)=CC[C@@H]23)[C@@]2(C)CCC(=O)C=C12. The number of ketones is 2. The lowest BCUT2D eigenvalue weighted by Crippen LogP contribution is -2.57. The lowest BCUT2D eigenvalue weighted by molar-refractivity contribution is -0.133. The van der Waals surface area contributed by atoms with Crippen LogP contribution in [0.25, 0.3) is 0 Å². The highest BCUT2D eigenvalue weighted by Gasteiger charge is 2.61. The van der Waals surface area contributed by atoms with Crippen molar-refractivity contribution >= 4 is 11.6 Å². The summed E-state index contributed by atoms with van der Waals surface area (Å²) >= 11 is 0. The molecule has 142 valence electrons. The zero-order chi connectivity index (χ0) is 18.9. The van der Waals surface area contributed by atoms with Crippen molar-refractivity contribution in [2.75, 3.05) is 6.61 Å². The molecule has 4 nitrogen and oxygen atoms in total. The summed E-state index contributed by atoms with van der Waals surface area (Å²) in [6.45, 7) is 6.10. The fourth-order valence-corrected chi connectivity index (χ4v) is 7.21. The van der Waals surface area contributed by atoms with Crippen LogP contribution in [0.4, 0.5) is 0 Å². The molecule has 0 saturated heterocycles. The maximum absolute atomic E-state index is 12.3. The Balaban J connectivity index is 1.75. The van der Waals surface area contributed by atoms with Crippen LogP contribution >= 0.6 is 0 Å². The van der Waals surface area contributed by atoms with Gasteiger partial charge in [0.15, 0.2) is 11.6 Å².